The second kappa shape index (κ2) is 6.32. The van der Waals surface area contributed by atoms with Crippen LogP contribution in [-0.2, 0) is 6.42 Å². The molecule has 4 nitrogen and oxygen atoms in total. The lowest BCUT2D eigenvalue weighted by molar-refractivity contribution is 0.300. The highest BCUT2D eigenvalue weighted by atomic mass is 19.1. The fourth-order valence-corrected chi connectivity index (χ4v) is 2.43. The van der Waals surface area contributed by atoms with Crippen LogP contribution in [0.1, 0.15) is 37.6 Å². The van der Waals surface area contributed by atoms with E-state index in [1.807, 2.05) is 13.0 Å². The van der Waals surface area contributed by atoms with Crippen molar-refractivity contribution in [2.75, 3.05) is 0 Å². The van der Waals surface area contributed by atoms with Gasteiger partial charge in [0.15, 0.2) is 0 Å². The molecule has 0 N–H and O–H groups in total. The Morgan fingerprint density at radius 1 is 1.42 bits per heavy atom. The van der Waals surface area contributed by atoms with E-state index in [1.54, 1.807) is 12.1 Å². The minimum Gasteiger partial charge on any atom is -0.268 e. The number of imidazole rings is 1. The molecular weight excluding hydrogens is 305 g/mol. The first-order valence-electron chi connectivity index (χ1n) is 7.62. The molecule has 1 heterocycles. The second-order valence-corrected chi connectivity index (χ2v) is 6.02. The predicted octanol–water partition coefficient (Wildman–Crippen LogP) is 3.93. The molecular formula is C19H20FN3O. The summed E-state index contributed by atoms with van der Waals surface area (Å²) in [5.74, 6) is 0. The molecule has 24 heavy (non-hydrogen) atoms. The number of halogens is 1. The van der Waals surface area contributed by atoms with Gasteiger partial charge in [-0.1, -0.05) is 20.1 Å². The highest BCUT2D eigenvalue weighted by Gasteiger charge is 2.26. The number of alkyl halides is 1. The molecule has 0 radical (unpaired) electrons. The maximum absolute atomic E-state index is 14.3. The number of hydrogen-bond acceptors (Lipinski definition) is 2. The molecule has 1 aromatic carbocycles. The van der Waals surface area contributed by atoms with Gasteiger partial charge in [-0.3, -0.25) is 9.13 Å². The average Bonchev–Trinajstić information content (AvgIpc) is 2.88. The van der Waals surface area contributed by atoms with E-state index in [2.05, 4.69) is 19.2 Å². The van der Waals surface area contributed by atoms with Gasteiger partial charge in [-0.25, -0.2) is 9.18 Å². The Balaban J connectivity index is 2.72. The zero-order valence-corrected chi connectivity index (χ0v) is 14.1. The third kappa shape index (κ3) is 3.09. The topological polar surface area (TPSA) is 50.7 Å². The number of aromatic nitrogens is 2. The minimum atomic E-state index is -1.67. The number of benzene rings is 1. The zero-order valence-electron chi connectivity index (χ0n) is 14.1. The van der Waals surface area contributed by atoms with Crippen molar-refractivity contribution in [1.29, 1.82) is 5.26 Å². The number of nitriles is 1. The molecule has 0 amide bonds. The highest BCUT2D eigenvalue weighted by molar-refractivity contribution is 5.68. The van der Waals surface area contributed by atoms with E-state index >= 15 is 0 Å². The van der Waals surface area contributed by atoms with Crippen LogP contribution in [0.4, 0.5) is 4.39 Å². The molecule has 2 rings (SSSR count). The van der Waals surface area contributed by atoms with Crippen LogP contribution >= 0.6 is 0 Å². The first-order chi connectivity index (χ1) is 11.2. The largest absolute Gasteiger partial charge is 0.337 e. The van der Waals surface area contributed by atoms with Gasteiger partial charge in [-0.05, 0) is 44.0 Å². The lowest BCUT2D eigenvalue weighted by atomic mass is 9.99. The van der Waals surface area contributed by atoms with E-state index in [0.717, 1.165) is 12.0 Å². The molecule has 0 spiro atoms. The lowest BCUT2D eigenvalue weighted by Crippen LogP contribution is -2.22. The normalized spacial score (nSPS) is 11.1. The van der Waals surface area contributed by atoms with Crippen LogP contribution in [0.3, 0.4) is 0 Å². The zero-order chi connectivity index (χ0) is 18.1. The lowest BCUT2D eigenvalue weighted by Gasteiger charge is -2.17. The maximum atomic E-state index is 14.3. The van der Waals surface area contributed by atoms with Crippen molar-refractivity contribution in [3.8, 4) is 11.8 Å². The number of hydrogen-bond donors (Lipinski definition) is 0. The van der Waals surface area contributed by atoms with E-state index in [0.29, 0.717) is 16.9 Å². The number of aryl methyl sites for hydroxylation is 1. The van der Waals surface area contributed by atoms with Crippen molar-refractivity contribution in [3.05, 3.63) is 64.9 Å². The number of rotatable bonds is 5. The van der Waals surface area contributed by atoms with Crippen molar-refractivity contribution in [1.82, 2.24) is 9.13 Å². The summed E-state index contributed by atoms with van der Waals surface area (Å²) >= 11 is 0. The third-order valence-electron chi connectivity index (χ3n) is 3.93. The summed E-state index contributed by atoms with van der Waals surface area (Å²) in [6.07, 6.45) is 3.60. The van der Waals surface area contributed by atoms with E-state index in [4.69, 9.17) is 0 Å². The van der Waals surface area contributed by atoms with Crippen molar-refractivity contribution in [3.63, 3.8) is 0 Å². The quantitative estimate of drug-likeness (QED) is 0.836. The summed E-state index contributed by atoms with van der Waals surface area (Å²) in [6.45, 7) is 12.1. The van der Waals surface area contributed by atoms with Gasteiger partial charge in [0.25, 0.3) is 0 Å². The molecule has 0 atom stereocenters. The molecule has 0 fully saturated rings. The Morgan fingerprint density at radius 3 is 2.58 bits per heavy atom. The van der Waals surface area contributed by atoms with Gasteiger partial charge >= 0.3 is 5.69 Å². The Bertz CT molecular complexity index is 904. The minimum absolute atomic E-state index is 0.186. The van der Waals surface area contributed by atoms with E-state index in [9.17, 15) is 14.4 Å². The van der Waals surface area contributed by atoms with Gasteiger partial charge in [-0.15, -0.1) is 0 Å². The molecule has 0 saturated carbocycles. The summed E-state index contributed by atoms with van der Waals surface area (Å²) in [5.41, 5.74) is 0.437. The van der Waals surface area contributed by atoms with Gasteiger partial charge in [0.2, 0.25) is 0 Å². The smallest absolute Gasteiger partial charge is 0.268 e. The monoisotopic (exact) mass is 325 g/mol. The number of allylic oxidation sites excluding steroid dienone is 1. The van der Waals surface area contributed by atoms with Crippen molar-refractivity contribution >= 4 is 11.8 Å². The molecule has 0 unspecified atom stereocenters. The van der Waals surface area contributed by atoms with E-state index < -0.39 is 5.67 Å². The summed E-state index contributed by atoms with van der Waals surface area (Å²) < 4.78 is 16.9. The standard InChI is InChI=1S/C19H20FN3O/c1-6-14-8-15(11-21)10-16(9-14)23-12-17(13(3)19(4,5)20)22(7-2)18(23)24/h7-10,12H,2-3,6H2,1,4-5H3. The van der Waals surface area contributed by atoms with Gasteiger partial charge in [0.05, 0.1) is 23.0 Å². The molecule has 0 aliphatic rings. The fraction of sp³-hybridized carbons (Fsp3) is 0.263. The van der Waals surface area contributed by atoms with Crippen molar-refractivity contribution in [2.45, 2.75) is 32.9 Å². The molecule has 2 aromatic rings. The van der Waals surface area contributed by atoms with Crippen LogP contribution in [0.5, 0.6) is 0 Å². The summed E-state index contributed by atoms with van der Waals surface area (Å²) in [5, 5.41) is 9.18. The van der Waals surface area contributed by atoms with Gasteiger partial charge in [0, 0.05) is 18.0 Å². The van der Waals surface area contributed by atoms with Crippen molar-refractivity contribution in [2.24, 2.45) is 0 Å². The predicted molar refractivity (Wildman–Crippen MR) is 94.7 cm³/mol. The van der Waals surface area contributed by atoms with Crippen LogP contribution in [0, 0.1) is 11.3 Å². The van der Waals surface area contributed by atoms with Crippen LogP contribution in [0.25, 0.3) is 17.5 Å². The Hall–Kier alpha value is -2.87. The fourth-order valence-electron chi connectivity index (χ4n) is 2.43. The third-order valence-corrected chi connectivity index (χ3v) is 3.93. The van der Waals surface area contributed by atoms with E-state index in [1.165, 1.54) is 35.4 Å². The SMILES string of the molecule is C=Cn1c(C(=C)C(C)(C)F)cn(-c2cc(C#N)cc(CC)c2)c1=O. The summed E-state index contributed by atoms with van der Waals surface area (Å²) in [6, 6.07) is 7.34. The Kier molecular flexibility index (Phi) is 4.61. The van der Waals surface area contributed by atoms with Crippen LogP contribution < -0.4 is 5.69 Å². The summed E-state index contributed by atoms with van der Waals surface area (Å²) in [7, 11) is 0. The van der Waals surface area contributed by atoms with Crippen molar-refractivity contribution < 1.29 is 4.39 Å². The Labute approximate surface area is 140 Å². The molecule has 5 heteroatoms. The first-order valence-corrected chi connectivity index (χ1v) is 7.62. The molecule has 124 valence electrons. The Morgan fingerprint density at radius 2 is 2.08 bits per heavy atom. The molecule has 0 saturated heterocycles. The maximum Gasteiger partial charge on any atom is 0.337 e. The van der Waals surface area contributed by atoms with E-state index in [-0.39, 0.29) is 11.3 Å². The van der Waals surface area contributed by atoms with Gasteiger partial charge < -0.3 is 0 Å². The molecule has 0 aliphatic heterocycles. The molecule has 1 aromatic heterocycles. The van der Waals surface area contributed by atoms with Gasteiger partial charge in [0.1, 0.15) is 5.67 Å². The second-order valence-electron chi connectivity index (χ2n) is 6.02. The molecule has 0 aliphatic carbocycles. The average molecular weight is 325 g/mol. The molecule has 0 bridgehead atoms. The number of nitrogens with zero attached hydrogens (tertiary/aromatic N) is 3. The van der Waals surface area contributed by atoms with Crippen LogP contribution in [0.2, 0.25) is 0 Å². The summed E-state index contributed by atoms with van der Waals surface area (Å²) in [4.78, 5) is 12.7. The van der Waals surface area contributed by atoms with Crippen LogP contribution in [0.15, 0.2) is 42.3 Å². The highest BCUT2D eigenvalue weighted by Crippen LogP contribution is 2.28. The first kappa shape index (κ1) is 17.5. The van der Waals surface area contributed by atoms with Gasteiger partial charge in [-0.2, -0.15) is 5.26 Å². The van der Waals surface area contributed by atoms with Crippen LogP contribution in [-0.4, -0.2) is 14.8 Å².